The van der Waals surface area contributed by atoms with Gasteiger partial charge in [0.25, 0.3) is 0 Å². The van der Waals surface area contributed by atoms with Gasteiger partial charge in [-0.25, -0.2) is 15.5 Å². The number of hydrogen-bond donors (Lipinski definition) is 2. The molecule has 0 saturated heterocycles. The van der Waals surface area contributed by atoms with Gasteiger partial charge < -0.3 is 0 Å². The molecule has 0 bridgehead atoms. The summed E-state index contributed by atoms with van der Waals surface area (Å²) in [6.07, 6.45) is 3.71. The van der Waals surface area contributed by atoms with Crippen molar-refractivity contribution in [3.8, 4) is 11.3 Å². The second kappa shape index (κ2) is 5.00. The molecule has 3 rings (SSSR count). The number of benzene rings is 1. The first-order valence-corrected chi connectivity index (χ1v) is 7.00. The molecule has 0 amide bonds. The minimum Gasteiger partial charge on any atom is -0.280 e. The molecule has 0 atom stereocenters. The fourth-order valence-electron chi connectivity index (χ4n) is 2.32. The Labute approximate surface area is 127 Å². The second-order valence-corrected chi connectivity index (χ2v) is 5.91. The van der Waals surface area contributed by atoms with Crippen molar-refractivity contribution in [1.82, 2.24) is 9.97 Å². The average molecular weight is 300 g/mol. The van der Waals surface area contributed by atoms with Crippen molar-refractivity contribution in [2.75, 3.05) is 0 Å². The Morgan fingerprint density at radius 3 is 2.67 bits per heavy atom. The predicted molar refractivity (Wildman–Crippen MR) is 81.0 cm³/mol. The lowest BCUT2D eigenvalue weighted by atomic mass is 9.96. The van der Waals surface area contributed by atoms with E-state index in [1.807, 2.05) is 18.2 Å². The van der Waals surface area contributed by atoms with Gasteiger partial charge in [-0.1, -0.05) is 30.7 Å². The molecule has 1 aliphatic carbocycles. The Morgan fingerprint density at radius 1 is 1.29 bits per heavy atom. The van der Waals surface area contributed by atoms with E-state index in [-0.39, 0.29) is 11.3 Å². The van der Waals surface area contributed by atoms with Crippen LogP contribution in [0, 0.1) is 10.9 Å². The van der Waals surface area contributed by atoms with Crippen LogP contribution in [0.5, 0.6) is 0 Å². The molecule has 6 heteroatoms. The Hall–Kier alpha value is -2.14. The maximum Gasteiger partial charge on any atom is 0.192 e. The van der Waals surface area contributed by atoms with Gasteiger partial charge in [0.2, 0.25) is 0 Å². The third-order valence-electron chi connectivity index (χ3n) is 3.94. The highest BCUT2D eigenvalue weighted by molar-refractivity contribution is 6.31. The molecule has 2 N–H and O–H groups in total. The van der Waals surface area contributed by atoms with Crippen molar-refractivity contribution >= 4 is 17.4 Å². The van der Waals surface area contributed by atoms with E-state index in [2.05, 4.69) is 22.0 Å². The van der Waals surface area contributed by atoms with Crippen molar-refractivity contribution in [1.29, 1.82) is 10.9 Å². The quantitative estimate of drug-likeness (QED) is 0.505. The highest BCUT2D eigenvalue weighted by Crippen LogP contribution is 2.50. The monoisotopic (exact) mass is 299 g/mol. The summed E-state index contributed by atoms with van der Waals surface area (Å²) >= 11 is 6.40. The summed E-state index contributed by atoms with van der Waals surface area (Å²) in [5, 5.41) is 11.4. The number of nitrogens with zero attached hydrogens (tertiary/aromatic N) is 3. The molecule has 0 unspecified atom stereocenters. The molecule has 106 valence electrons. The number of nitrogens with one attached hydrogen (secondary N) is 2. The van der Waals surface area contributed by atoms with Crippen LogP contribution in [-0.4, -0.2) is 15.8 Å². The smallest absolute Gasteiger partial charge is 0.192 e. The van der Waals surface area contributed by atoms with Gasteiger partial charge in [-0.05, 0) is 36.0 Å². The Bertz CT molecular complexity index is 737. The predicted octanol–water partition coefficient (Wildman–Crippen LogP) is 4.20. The summed E-state index contributed by atoms with van der Waals surface area (Å²) in [5.74, 6) is -0.188. The molecule has 2 aromatic rings. The van der Waals surface area contributed by atoms with Gasteiger partial charge >= 0.3 is 0 Å². The van der Waals surface area contributed by atoms with E-state index in [1.165, 1.54) is 24.7 Å². The lowest BCUT2D eigenvalue weighted by molar-refractivity contribution is 0.788. The minimum absolute atomic E-state index is 0.188. The van der Waals surface area contributed by atoms with Gasteiger partial charge in [-0.2, -0.15) is 0 Å². The fraction of sp³-hybridized carbons (Fsp3) is 0.267. The van der Waals surface area contributed by atoms with Crippen molar-refractivity contribution < 1.29 is 0 Å². The molecule has 1 saturated carbocycles. The average Bonchev–Trinajstić information content (AvgIpc) is 3.25. The third-order valence-corrected chi connectivity index (χ3v) is 4.25. The van der Waals surface area contributed by atoms with Crippen molar-refractivity contribution in [2.24, 2.45) is 5.11 Å². The first-order valence-electron chi connectivity index (χ1n) is 6.62. The molecule has 5 nitrogen and oxygen atoms in total. The molecular weight excluding hydrogens is 286 g/mol. The zero-order valence-corrected chi connectivity index (χ0v) is 12.3. The maximum absolute atomic E-state index is 7.53. The zero-order chi connectivity index (χ0) is 15.0. The Kier molecular flexibility index (Phi) is 3.29. The first kappa shape index (κ1) is 13.8. The topological polar surface area (TPSA) is 85.8 Å². The van der Waals surface area contributed by atoms with E-state index in [0.29, 0.717) is 11.4 Å². The number of hydrogen-bond acceptors (Lipinski definition) is 4. The van der Waals surface area contributed by atoms with Gasteiger partial charge in [0, 0.05) is 10.6 Å². The largest absolute Gasteiger partial charge is 0.280 e. The molecule has 1 aliphatic rings. The molecular formula is C15H14ClN5. The van der Waals surface area contributed by atoms with E-state index in [1.54, 1.807) is 6.07 Å². The number of rotatable bonds is 3. The lowest BCUT2D eigenvalue weighted by Crippen LogP contribution is -2.02. The van der Waals surface area contributed by atoms with Gasteiger partial charge in [0.05, 0.1) is 5.69 Å². The summed E-state index contributed by atoms with van der Waals surface area (Å²) in [7, 11) is 0. The van der Waals surface area contributed by atoms with Crippen LogP contribution in [0.1, 0.15) is 31.0 Å². The lowest BCUT2D eigenvalue weighted by Gasteiger charge is -2.12. The Balaban J connectivity index is 1.99. The van der Waals surface area contributed by atoms with Crippen LogP contribution < -0.4 is 0 Å². The van der Waals surface area contributed by atoms with Crippen molar-refractivity contribution in [2.45, 2.75) is 25.2 Å². The molecule has 1 fully saturated rings. The molecule has 0 radical (unpaired) electrons. The summed E-state index contributed by atoms with van der Waals surface area (Å²) in [5.41, 5.74) is 10.1. The SMILES string of the molecule is CC1(c2ccc(-c3cc(C(=N)N=N)ncn3)cc2Cl)CC1. The van der Waals surface area contributed by atoms with E-state index in [4.69, 9.17) is 22.5 Å². The maximum atomic E-state index is 7.53. The van der Waals surface area contributed by atoms with Crippen molar-refractivity contribution in [3.63, 3.8) is 0 Å². The van der Waals surface area contributed by atoms with E-state index >= 15 is 0 Å². The molecule has 0 spiro atoms. The summed E-state index contributed by atoms with van der Waals surface area (Å²) in [6, 6.07) is 7.57. The van der Waals surface area contributed by atoms with Crippen LogP contribution in [-0.2, 0) is 5.41 Å². The highest BCUT2D eigenvalue weighted by atomic mass is 35.5. The second-order valence-electron chi connectivity index (χ2n) is 5.50. The molecule has 0 aliphatic heterocycles. The zero-order valence-electron chi connectivity index (χ0n) is 11.5. The van der Waals surface area contributed by atoms with Crippen LogP contribution in [0.2, 0.25) is 5.02 Å². The van der Waals surface area contributed by atoms with Crippen LogP contribution >= 0.6 is 11.6 Å². The number of halogens is 1. The minimum atomic E-state index is -0.188. The molecule has 21 heavy (non-hydrogen) atoms. The first-order chi connectivity index (χ1) is 10.0. The molecule has 1 aromatic carbocycles. The molecule has 1 heterocycles. The van der Waals surface area contributed by atoms with Gasteiger partial charge in [-0.15, -0.1) is 5.11 Å². The third kappa shape index (κ3) is 2.56. The highest BCUT2D eigenvalue weighted by Gasteiger charge is 2.40. The fourth-order valence-corrected chi connectivity index (χ4v) is 2.73. The summed E-state index contributed by atoms with van der Waals surface area (Å²) in [4.78, 5) is 8.15. The number of amidine groups is 1. The summed E-state index contributed by atoms with van der Waals surface area (Å²) < 4.78 is 0. The number of aromatic nitrogens is 2. The van der Waals surface area contributed by atoms with Crippen molar-refractivity contribution in [3.05, 3.63) is 46.9 Å². The van der Waals surface area contributed by atoms with Gasteiger partial charge in [-0.3, -0.25) is 5.41 Å². The van der Waals surface area contributed by atoms with Crippen LogP contribution in [0.4, 0.5) is 0 Å². The normalized spacial score (nSPS) is 15.5. The standard InChI is InChI=1S/C15H14ClN5/c1-15(4-5-15)10-3-2-9(6-11(10)16)12-7-13(14(17)21-18)20-8-19-12/h2-3,6-8,17-18H,4-5H2,1H3. The van der Waals surface area contributed by atoms with Crippen LogP contribution in [0.3, 0.4) is 0 Å². The van der Waals surface area contributed by atoms with E-state index in [0.717, 1.165) is 10.6 Å². The van der Waals surface area contributed by atoms with Gasteiger partial charge in [0.15, 0.2) is 5.84 Å². The Morgan fingerprint density at radius 2 is 2.05 bits per heavy atom. The van der Waals surface area contributed by atoms with Crippen LogP contribution in [0.15, 0.2) is 35.7 Å². The molecule has 1 aromatic heterocycles. The van der Waals surface area contributed by atoms with Gasteiger partial charge in [0.1, 0.15) is 12.0 Å². The van der Waals surface area contributed by atoms with Crippen LogP contribution in [0.25, 0.3) is 11.3 Å². The van der Waals surface area contributed by atoms with E-state index < -0.39 is 0 Å². The van der Waals surface area contributed by atoms with E-state index in [9.17, 15) is 0 Å². The summed E-state index contributed by atoms with van der Waals surface area (Å²) in [6.45, 7) is 2.22.